The van der Waals surface area contributed by atoms with Crippen LogP contribution in [0.4, 0.5) is 4.39 Å². The molecule has 0 N–H and O–H groups in total. The second kappa shape index (κ2) is 7.08. The maximum atomic E-state index is 12.8. The molecular formula is C17H17FN4O2. The molecule has 0 aliphatic rings. The largest absolute Gasteiger partial charge is 0.492 e. The zero-order valence-electron chi connectivity index (χ0n) is 13.2. The number of benzene rings is 2. The van der Waals surface area contributed by atoms with Crippen molar-refractivity contribution in [1.82, 2.24) is 19.9 Å². The van der Waals surface area contributed by atoms with Crippen LogP contribution in [0.1, 0.15) is 0 Å². The number of aromatic nitrogens is 3. The van der Waals surface area contributed by atoms with Gasteiger partial charge in [0.05, 0.1) is 12.1 Å². The SMILES string of the molecule is CN(CCOc1ccc(F)cc1)C(=O)Cn1nnc2ccccc21. The highest BCUT2D eigenvalue weighted by Gasteiger charge is 2.12. The topological polar surface area (TPSA) is 60.2 Å². The lowest BCUT2D eigenvalue weighted by molar-refractivity contribution is -0.131. The minimum atomic E-state index is -0.310. The van der Waals surface area contributed by atoms with Crippen LogP contribution in [0.5, 0.6) is 5.75 Å². The minimum Gasteiger partial charge on any atom is -0.492 e. The summed E-state index contributed by atoms with van der Waals surface area (Å²) in [5, 5.41) is 8.03. The molecule has 0 radical (unpaired) electrons. The van der Waals surface area contributed by atoms with E-state index in [1.54, 1.807) is 28.8 Å². The average Bonchev–Trinajstić information content (AvgIpc) is 3.00. The quantitative estimate of drug-likeness (QED) is 0.695. The number of ether oxygens (including phenoxy) is 1. The van der Waals surface area contributed by atoms with Gasteiger partial charge in [-0.15, -0.1) is 5.10 Å². The molecule has 0 atom stereocenters. The van der Waals surface area contributed by atoms with Gasteiger partial charge in [0.15, 0.2) is 0 Å². The number of fused-ring (bicyclic) bond motifs is 1. The van der Waals surface area contributed by atoms with E-state index >= 15 is 0 Å². The van der Waals surface area contributed by atoms with Crippen molar-refractivity contribution in [2.45, 2.75) is 6.54 Å². The summed E-state index contributed by atoms with van der Waals surface area (Å²) >= 11 is 0. The monoisotopic (exact) mass is 328 g/mol. The Morgan fingerprint density at radius 2 is 1.96 bits per heavy atom. The van der Waals surface area contributed by atoms with Gasteiger partial charge in [-0.2, -0.15) is 0 Å². The fourth-order valence-electron chi connectivity index (χ4n) is 2.24. The highest BCUT2D eigenvalue weighted by atomic mass is 19.1. The van der Waals surface area contributed by atoms with Gasteiger partial charge in [-0.25, -0.2) is 9.07 Å². The molecule has 0 saturated carbocycles. The van der Waals surface area contributed by atoms with Crippen molar-refractivity contribution in [3.8, 4) is 5.75 Å². The number of carbonyl (C=O) groups excluding carboxylic acids is 1. The van der Waals surface area contributed by atoms with E-state index in [0.717, 1.165) is 11.0 Å². The van der Waals surface area contributed by atoms with Gasteiger partial charge in [-0.05, 0) is 36.4 Å². The van der Waals surface area contributed by atoms with Crippen LogP contribution in [0, 0.1) is 5.82 Å². The zero-order valence-corrected chi connectivity index (χ0v) is 13.2. The molecule has 3 rings (SSSR count). The number of carbonyl (C=O) groups is 1. The Kier molecular flexibility index (Phi) is 4.69. The van der Waals surface area contributed by atoms with E-state index in [-0.39, 0.29) is 18.3 Å². The first-order chi connectivity index (χ1) is 11.6. The van der Waals surface area contributed by atoms with E-state index in [0.29, 0.717) is 18.9 Å². The third kappa shape index (κ3) is 3.68. The van der Waals surface area contributed by atoms with E-state index in [4.69, 9.17) is 4.74 Å². The second-order valence-electron chi connectivity index (χ2n) is 5.35. The molecule has 124 valence electrons. The van der Waals surface area contributed by atoms with Crippen molar-refractivity contribution < 1.29 is 13.9 Å². The van der Waals surface area contributed by atoms with Gasteiger partial charge in [-0.3, -0.25) is 4.79 Å². The molecule has 0 fully saturated rings. The third-order valence-electron chi connectivity index (χ3n) is 3.64. The summed E-state index contributed by atoms with van der Waals surface area (Å²) in [6.07, 6.45) is 0. The van der Waals surface area contributed by atoms with E-state index in [2.05, 4.69) is 10.3 Å². The van der Waals surface area contributed by atoms with Crippen molar-refractivity contribution >= 4 is 16.9 Å². The van der Waals surface area contributed by atoms with Crippen LogP contribution in [0.25, 0.3) is 11.0 Å². The smallest absolute Gasteiger partial charge is 0.244 e. The fraction of sp³-hybridized carbons (Fsp3) is 0.235. The Hall–Kier alpha value is -2.96. The summed E-state index contributed by atoms with van der Waals surface area (Å²) in [6.45, 7) is 0.863. The van der Waals surface area contributed by atoms with Crippen LogP contribution < -0.4 is 4.74 Å². The van der Waals surface area contributed by atoms with Crippen LogP contribution in [-0.2, 0) is 11.3 Å². The third-order valence-corrected chi connectivity index (χ3v) is 3.64. The number of hydrogen-bond acceptors (Lipinski definition) is 4. The number of amides is 1. The van der Waals surface area contributed by atoms with E-state index in [1.165, 1.54) is 12.1 Å². The summed E-state index contributed by atoms with van der Waals surface area (Å²) in [7, 11) is 1.70. The number of nitrogens with zero attached hydrogens (tertiary/aromatic N) is 4. The first-order valence-electron chi connectivity index (χ1n) is 7.54. The van der Waals surface area contributed by atoms with Crippen molar-refractivity contribution in [2.24, 2.45) is 0 Å². The van der Waals surface area contributed by atoms with Crippen LogP contribution in [0.3, 0.4) is 0 Å². The van der Waals surface area contributed by atoms with Crippen LogP contribution >= 0.6 is 0 Å². The molecule has 3 aromatic rings. The first-order valence-corrected chi connectivity index (χ1v) is 7.54. The molecule has 0 unspecified atom stereocenters. The number of halogens is 1. The van der Waals surface area contributed by atoms with Crippen LogP contribution in [0.15, 0.2) is 48.5 Å². The lowest BCUT2D eigenvalue weighted by Crippen LogP contribution is -2.33. The van der Waals surface area contributed by atoms with Gasteiger partial charge in [0, 0.05) is 7.05 Å². The lowest BCUT2D eigenvalue weighted by atomic mass is 10.3. The zero-order chi connectivity index (χ0) is 16.9. The first kappa shape index (κ1) is 15.9. The molecule has 0 saturated heterocycles. The molecule has 7 heteroatoms. The molecule has 0 aliphatic carbocycles. The predicted octanol–water partition coefficient (Wildman–Crippen LogP) is 2.11. The highest BCUT2D eigenvalue weighted by molar-refractivity contribution is 5.79. The maximum Gasteiger partial charge on any atom is 0.244 e. The molecule has 0 bridgehead atoms. The summed E-state index contributed by atoms with van der Waals surface area (Å²) in [5.41, 5.74) is 1.58. The van der Waals surface area contributed by atoms with Gasteiger partial charge < -0.3 is 9.64 Å². The Balaban J connectivity index is 1.52. The van der Waals surface area contributed by atoms with Crippen LogP contribution in [0.2, 0.25) is 0 Å². The molecule has 0 spiro atoms. The van der Waals surface area contributed by atoms with Gasteiger partial charge in [0.1, 0.15) is 30.2 Å². The summed E-state index contributed by atoms with van der Waals surface area (Å²) in [4.78, 5) is 13.8. The number of hydrogen-bond donors (Lipinski definition) is 0. The van der Waals surface area contributed by atoms with Gasteiger partial charge >= 0.3 is 0 Å². The molecule has 0 aliphatic heterocycles. The fourth-order valence-corrected chi connectivity index (χ4v) is 2.24. The number of rotatable bonds is 6. The summed E-state index contributed by atoms with van der Waals surface area (Å²) < 4.78 is 19.9. The van der Waals surface area contributed by atoms with Crippen molar-refractivity contribution in [1.29, 1.82) is 0 Å². The molecule has 1 amide bonds. The maximum absolute atomic E-state index is 12.8. The standard InChI is InChI=1S/C17H17FN4O2/c1-21(10-11-24-14-8-6-13(18)7-9-14)17(23)12-22-16-5-3-2-4-15(16)19-20-22/h2-9H,10-12H2,1H3. The van der Waals surface area contributed by atoms with E-state index in [9.17, 15) is 9.18 Å². The normalized spacial score (nSPS) is 10.8. The second-order valence-corrected chi connectivity index (χ2v) is 5.35. The van der Waals surface area contributed by atoms with Gasteiger partial charge in [0.25, 0.3) is 0 Å². The Labute approximate surface area is 138 Å². The number of likely N-dealkylation sites (N-methyl/N-ethyl adjacent to an activating group) is 1. The molecule has 1 aromatic heterocycles. The van der Waals surface area contributed by atoms with Gasteiger partial charge in [-0.1, -0.05) is 17.3 Å². The Morgan fingerprint density at radius 3 is 2.75 bits per heavy atom. The predicted molar refractivity (Wildman–Crippen MR) is 87.1 cm³/mol. The van der Waals surface area contributed by atoms with Crippen LogP contribution in [-0.4, -0.2) is 46.0 Å². The van der Waals surface area contributed by atoms with Crippen molar-refractivity contribution in [2.75, 3.05) is 20.2 Å². The average molecular weight is 328 g/mol. The minimum absolute atomic E-state index is 0.0895. The molecule has 6 nitrogen and oxygen atoms in total. The summed E-state index contributed by atoms with van der Waals surface area (Å²) in [5.74, 6) is 0.169. The number of para-hydroxylation sites is 1. The van der Waals surface area contributed by atoms with E-state index < -0.39 is 0 Å². The van der Waals surface area contributed by atoms with Crippen molar-refractivity contribution in [3.05, 3.63) is 54.3 Å². The molecule has 2 aromatic carbocycles. The Bertz CT molecular complexity index is 832. The van der Waals surface area contributed by atoms with E-state index in [1.807, 2.05) is 24.3 Å². The molecule has 24 heavy (non-hydrogen) atoms. The molecule has 1 heterocycles. The lowest BCUT2D eigenvalue weighted by Gasteiger charge is -2.17. The Morgan fingerprint density at radius 1 is 1.21 bits per heavy atom. The molecular weight excluding hydrogens is 311 g/mol. The summed E-state index contributed by atoms with van der Waals surface area (Å²) in [6, 6.07) is 13.3. The van der Waals surface area contributed by atoms with Crippen molar-refractivity contribution in [3.63, 3.8) is 0 Å². The van der Waals surface area contributed by atoms with Gasteiger partial charge in [0.2, 0.25) is 5.91 Å². The highest BCUT2D eigenvalue weighted by Crippen LogP contribution is 2.11.